The van der Waals surface area contributed by atoms with Crippen molar-refractivity contribution in [1.82, 2.24) is 0 Å². The Balaban J connectivity index is 4.79. The summed E-state index contributed by atoms with van der Waals surface area (Å²) in [6, 6.07) is 0. The molecule has 0 saturated carbocycles. The summed E-state index contributed by atoms with van der Waals surface area (Å²) in [7, 11) is -4.77. The fourth-order valence-electron chi connectivity index (χ4n) is 8.68. The maximum atomic E-state index is 13.0. The zero-order valence-electron chi connectivity index (χ0n) is 52.2. The van der Waals surface area contributed by atoms with Gasteiger partial charge in [-0.3, -0.25) is 23.4 Å². The van der Waals surface area contributed by atoms with Crippen LogP contribution in [0.2, 0.25) is 0 Å². The molecular formula is C70H119O11P. The minimum atomic E-state index is -4.77. The quantitative estimate of drug-likeness (QED) is 0.0197. The van der Waals surface area contributed by atoms with Gasteiger partial charge in [0.15, 0.2) is 6.10 Å². The minimum Gasteiger partial charge on any atom is -0.462 e. The molecule has 0 heterocycles. The number of hydrogen-bond donors (Lipinski definition) is 2. The van der Waals surface area contributed by atoms with Crippen LogP contribution in [-0.4, -0.2) is 66.5 Å². The number of hydrogen-bond acceptors (Lipinski definition) is 10. The Morgan fingerprint density at radius 1 is 0.354 bits per heavy atom. The van der Waals surface area contributed by atoms with Gasteiger partial charge in [-0.25, -0.2) is 4.57 Å². The number of aliphatic hydroxyl groups is 1. The fourth-order valence-corrected chi connectivity index (χ4v) is 9.46. The van der Waals surface area contributed by atoms with Crippen molar-refractivity contribution in [2.45, 2.75) is 290 Å². The molecule has 0 spiro atoms. The van der Waals surface area contributed by atoms with E-state index in [1.807, 2.05) is 0 Å². The van der Waals surface area contributed by atoms with E-state index < -0.39 is 57.8 Å². The van der Waals surface area contributed by atoms with Gasteiger partial charge in [0.2, 0.25) is 0 Å². The van der Waals surface area contributed by atoms with Crippen molar-refractivity contribution in [3.8, 4) is 0 Å². The highest BCUT2D eigenvalue weighted by molar-refractivity contribution is 7.47. The second-order valence-corrected chi connectivity index (χ2v) is 23.0. The second kappa shape index (κ2) is 63.2. The first kappa shape index (κ1) is 78.1. The van der Waals surface area contributed by atoms with E-state index in [-0.39, 0.29) is 25.9 Å². The van der Waals surface area contributed by atoms with Crippen LogP contribution in [0.15, 0.2) is 109 Å². The first-order chi connectivity index (χ1) is 40.2. The van der Waals surface area contributed by atoms with Crippen LogP contribution < -0.4 is 0 Å². The lowest BCUT2D eigenvalue weighted by Gasteiger charge is -2.21. The van der Waals surface area contributed by atoms with E-state index in [0.29, 0.717) is 19.3 Å². The second-order valence-electron chi connectivity index (χ2n) is 21.5. The molecule has 0 aliphatic heterocycles. The number of phosphoric acid groups is 1. The Morgan fingerprint density at radius 3 is 1.02 bits per heavy atom. The van der Waals surface area contributed by atoms with E-state index in [0.717, 1.165) is 128 Å². The lowest BCUT2D eigenvalue weighted by atomic mass is 10.1. The maximum absolute atomic E-state index is 13.0. The molecule has 0 aliphatic rings. The van der Waals surface area contributed by atoms with E-state index in [2.05, 4.69) is 130 Å². The molecule has 12 heteroatoms. The van der Waals surface area contributed by atoms with Gasteiger partial charge in [-0.1, -0.05) is 239 Å². The molecule has 0 aliphatic carbocycles. The molecule has 0 aromatic carbocycles. The Bertz CT molecular complexity index is 1790. The van der Waals surface area contributed by atoms with Crippen LogP contribution in [-0.2, 0) is 42.2 Å². The van der Waals surface area contributed by atoms with Crippen molar-refractivity contribution in [3.05, 3.63) is 109 Å². The van der Waals surface area contributed by atoms with Crippen LogP contribution in [0.25, 0.3) is 0 Å². The van der Waals surface area contributed by atoms with Gasteiger partial charge in [0.05, 0.1) is 19.8 Å². The SMILES string of the molecule is CC/C=C\C/C=C\C/C=C\C/C=C\C/C=C\CCCCCC(=O)OCC(COP(=O)(O)OCC(CO)OC(=O)CCCCCCCCC/C=C\CCCCCCCC)OC(=O)CCCCCCCC/C=C\C/C=C\C/C=C\CCCCC. The number of unbranched alkanes of at least 4 members (excludes halogenated alkanes) is 25. The van der Waals surface area contributed by atoms with Crippen molar-refractivity contribution in [3.63, 3.8) is 0 Å². The predicted octanol–water partition coefficient (Wildman–Crippen LogP) is 20.1. The molecule has 0 amide bonds. The molecule has 3 unspecified atom stereocenters. The Hall–Kier alpha value is -3.86. The van der Waals surface area contributed by atoms with Crippen molar-refractivity contribution < 1.29 is 52.2 Å². The van der Waals surface area contributed by atoms with E-state index >= 15 is 0 Å². The van der Waals surface area contributed by atoms with Gasteiger partial charge in [-0.2, -0.15) is 0 Å². The largest absolute Gasteiger partial charge is 0.472 e. The zero-order chi connectivity index (χ0) is 59.8. The van der Waals surface area contributed by atoms with E-state index in [1.54, 1.807) is 0 Å². The van der Waals surface area contributed by atoms with E-state index in [4.69, 9.17) is 23.3 Å². The molecular weight excluding hydrogens is 1050 g/mol. The summed E-state index contributed by atoms with van der Waals surface area (Å²) in [5, 5.41) is 9.86. The Labute approximate surface area is 501 Å². The van der Waals surface area contributed by atoms with Crippen LogP contribution in [0.1, 0.15) is 278 Å². The smallest absolute Gasteiger partial charge is 0.462 e. The summed E-state index contributed by atoms with van der Waals surface area (Å²) in [5.41, 5.74) is 0. The number of rotatable bonds is 60. The van der Waals surface area contributed by atoms with Gasteiger partial charge in [-0.05, 0) is 128 Å². The number of carbonyl (C=O) groups excluding carboxylic acids is 3. The molecule has 3 atom stereocenters. The number of carbonyl (C=O) groups is 3. The lowest BCUT2D eigenvalue weighted by Crippen LogP contribution is -2.30. The number of ether oxygens (including phenoxy) is 3. The molecule has 0 aromatic rings. The summed E-state index contributed by atoms with van der Waals surface area (Å²) in [4.78, 5) is 48.8. The maximum Gasteiger partial charge on any atom is 0.472 e. The summed E-state index contributed by atoms with van der Waals surface area (Å²) >= 11 is 0. The van der Waals surface area contributed by atoms with Crippen LogP contribution in [0.3, 0.4) is 0 Å². The highest BCUT2D eigenvalue weighted by Gasteiger charge is 2.28. The van der Waals surface area contributed by atoms with Crippen molar-refractivity contribution in [1.29, 1.82) is 0 Å². The average Bonchev–Trinajstić information content (AvgIpc) is 3.47. The molecule has 0 bridgehead atoms. The van der Waals surface area contributed by atoms with Crippen molar-refractivity contribution in [2.75, 3.05) is 26.4 Å². The lowest BCUT2D eigenvalue weighted by molar-refractivity contribution is -0.161. The molecule has 0 radical (unpaired) electrons. The third-order valence-electron chi connectivity index (χ3n) is 13.6. The third kappa shape index (κ3) is 60.7. The summed E-state index contributed by atoms with van der Waals surface area (Å²) in [6.45, 7) is 4.47. The number of esters is 3. The molecule has 470 valence electrons. The third-order valence-corrected chi connectivity index (χ3v) is 14.6. The molecule has 0 saturated heterocycles. The normalized spacial score (nSPS) is 14.0. The molecule has 0 aromatic heterocycles. The minimum absolute atomic E-state index is 0.140. The molecule has 82 heavy (non-hydrogen) atoms. The van der Waals surface area contributed by atoms with Crippen molar-refractivity contribution in [2.24, 2.45) is 0 Å². The molecule has 0 rings (SSSR count). The van der Waals surface area contributed by atoms with Crippen LogP contribution in [0.5, 0.6) is 0 Å². The molecule has 11 nitrogen and oxygen atoms in total. The summed E-state index contributed by atoms with van der Waals surface area (Å²) < 4.78 is 39.7. The number of allylic oxidation sites excluding steroid dienone is 18. The highest BCUT2D eigenvalue weighted by atomic mass is 31.2. The predicted molar refractivity (Wildman–Crippen MR) is 343 cm³/mol. The fraction of sp³-hybridized carbons (Fsp3) is 0.700. The monoisotopic (exact) mass is 1170 g/mol. The van der Waals surface area contributed by atoms with Crippen LogP contribution in [0.4, 0.5) is 0 Å². The summed E-state index contributed by atoms with van der Waals surface area (Å²) in [6.07, 6.45) is 77.5. The summed E-state index contributed by atoms with van der Waals surface area (Å²) in [5.74, 6) is -1.52. The van der Waals surface area contributed by atoms with E-state index in [1.165, 1.54) is 89.9 Å². The van der Waals surface area contributed by atoms with Gasteiger partial charge >= 0.3 is 25.7 Å². The van der Waals surface area contributed by atoms with Gasteiger partial charge in [0.1, 0.15) is 12.7 Å². The first-order valence-electron chi connectivity index (χ1n) is 32.8. The van der Waals surface area contributed by atoms with Crippen LogP contribution >= 0.6 is 7.82 Å². The standard InChI is InChI=1S/C70H119O11P/c1-4-7-10-13-16-19-22-25-28-31-33-36-38-41-44-47-50-53-56-59-68(72)77-63-67(81-70(74)61-58-55-52-49-46-43-40-37-34-32-29-26-23-20-17-14-11-8-5-2)65-79-82(75,76)78-64-66(62-71)80-69(73)60-57-54-51-48-45-42-39-35-30-27-24-21-18-15-12-9-6-3/h7,10,16-17,19-20,25-30,33-34,36-37,41,44,66-67,71H,4-6,8-9,11-15,18,21-24,31-32,35,38-40,42-43,45-65H2,1-3H3,(H,75,76)/b10-7-,19-16-,20-17-,28-25-,29-26-,30-27-,36-33-,37-34-,44-41-. The Morgan fingerprint density at radius 2 is 0.634 bits per heavy atom. The topological polar surface area (TPSA) is 155 Å². The van der Waals surface area contributed by atoms with Crippen molar-refractivity contribution >= 4 is 25.7 Å². The first-order valence-corrected chi connectivity index (χ1v) is 34.3. The number of phosphoric ester groups is 1. The highest BCUT2D eigenvalue weighted by Crippen LogP contribution is 2.43. The molecule has 0 fully saturated rings. The van der Waals surface area contributed by atoms with Gasteiger partial charge in [-0.15, -0.1) is 0 Å². The van der Waals surface area contributed by atoms with Crippen LogP contribution in [0, 0.1) is 0 Å². The van der Waals surface area contributed by atoms with Gasteiger partial charge in [0.25, 0.3) is 0 Å². The van der Waals surface area contributed by atoms with Gasteiger partial charge in [0, 0.05) is 19.3 Å². The molecule has 2 N–H and O–H groups in total. The van der Waals surface area contributed by atoms with E-state index in [9.17, 15) is 28.9 Å². The zero-order valence-corrected chi connectivity index (χ0v) is 53.1. The number of aliphatic hydroxyl groups excluding tert-OH is 1. The average molecular weight is 1170 g/mol. The Kier molecular flexibility index (Phi) is 60.2. The van der Waals surface area contributed by atoms with Gasteiger partial charge < -0.3 is 24.2 Å².